The van der Waals surface area contributed by atoms with Crippen molar-refractivity contribution in [2.24, 2.45) is 0 Å². The maximum Gasteiger partial charge on any atom is 0.306 e. The van der Waals surface area contributed by atoms with Gasteiger partial charge in [-0.1, -0.05) is 257 Å². The molecule has 0 heterocycles. The third-order valence-corrected chi connectivity index (χ3v) is 12.5. The first kappa shape index (κ1) is 60.9. The van der Waals surface area contributed by atoms with Crippen molar-refractivity contribution in [3.8, 4) is 0 Å². The average Bonchev–Trinajstić information content (AvgIpc) is 3.28. The first-order chi connectivity index (χ1) is 31.0. The molecule has 0 amide bonds. The van der Waals surface area contributed by atoms with E-state index in [1.54, 1.807) is 0 Å². The second kappa shape index (κ2) is 52.5. The summed E-state index contributed by atoms with van der Waals surface area (Å²) in [4.78, 5) is 37.8. The van der Waals surface area contributed by atoms with Crippen molar-refractivity contribution in [3.05, 3.63) is 24.3 Å². The Balaban J connectivity index is 4.10. The summed E-state index contributed by atoms with van der Waals surface area (Å²) in [6.45, 7) is 6.59. The molecule has 0 radical (unpaired) electrons. The summed E-state index contributed by atoms with van der Waals surface area (Å²) in [5.74, 6) is -0.881. The van der Waals surface area contributed by atoms with Crippen LogP contribution in [0.2, 0.25) is 0 Å². The summed E-state index contributed by atoms with van der Waals surface area (Å²) in [5, 5.41) is 0. The fourth-order valence-corrected chi connectivity index (χ4v) is 8.24. The Morgan fingerprint density at radius 3 is 0.889 bits per heavy atom. The van der Waals surface area contributed by atoms with Crippen LogP contribution >= 0.6 is 0 Å². The highest BCUT2D eigenvalue weighted by atomic mass is 16.6. The fourth-order valence-electron chi connectivity index (χ4n) is 8.24. The highest BCUT2D eigenvalue weighted by molar-refractivity contribution is 5.71. The van der Waals surface area contributed by atoms with Crippen molar-refractivity contribution in [3.63, 3.8) is 0 Å². The van der Waals surface area contributed by atoms with Gasteiger partial charge in [-0.3, -0.25) is 14.4 Å². The molecule has 0 aliphatic rings. The molecule has 0 aromatic rings. The normalized spacial score (nSPS) is 12.1. The number of unbranched alkanes of at least 4 members (excludes halogenated alkanes) is 36. The molecule has 0 spiro atoms. The van der Waals surface area contributed by atoms with E-state index in [0.717, 1.165) is 77.0 Å². The van der Waals surface area contributed by atoms with E-state index in [-0.39, 0.29) is 31.1 Å². The SMILES string of the molecule is CCCCCC/C=C\C/C=C\CCCCCCCC(=O)OC(COC(=O)CCCCCCCC)COC(=O)CCCCCCCCCCCCCCCCCCCCCCCCC. The quantitative estimate of drug-likeness (QED) is 0.0262. The molecule has 0 aliphatic heterocycles. The second-order valence-corrected chi connectivity index (χ2v) is 18.9. The van der Waals surface area contributed by atoms with E-state index in [0.29, 0.717) is 19.3 Å². The molecule has 0 aromatic heterocycles. The zero-order valence-corrected chi connectivity index (χ0v) is 42.4. The van der Waals surface area contributed by atoms with Gasteiger partial charge in [0.2, 0.25) is 0 Å². The van der Waals surface area contributed by atoms with Crippen LogP contribution < -0.4 is 0 Å². The zero-order valence-electron chi connectivity index (χ0n) is 42.4. The Kier molecular flexibility index (Phi) is 50.8. The van der Waals surface area contributed by atoms with Gasteiger partial charge >= 0.3 is 17.9 Å². The summed E-state index contributed by atoms with van der Waals surface area (Å²) in [6.07, 6.45) is 60.6. The van der Waals surface area contributed by atoms with E-state index in [4.69, 9.17) is 14.2 Å². The summed E-state index contributed by atoms with van der Waals surface area (Å²) >= 11 is 0. The third-order valence-electron chi connectivity index (χ3n) is 12.5. The zero-order chi connectivity index (χ0) is 45.8. The summed E-state index contributed by atoms with van der Waals surface area (Å²) in [5.41, 5.74) is 0. The van der Waals surface area contributed by atoms with Gasteiger partial charge in [-0.05, 0) is 51.4 Å². The lowest BCUT2D eigenvalue weighted by Crippen LogP contribution is -2.30. The number of carbonyl (C=O) groups excluding carboxylic acids is 3. The van der Waals surface area contributed by atoms with Crippen LogP contribution in [0.25, 0.3) is 0 Å². The van der Waals surface area contributed by atoms with Gasteiger partial charge in [-0.25, -0.2) is 0 Å². The minimum atomic E-state index is -0.771. The molecular formula is C57H106O6. The van der Waals surface area contributed by atoms with Crippen molar-refractivity contribution < 1.29 is 28.6 Å². The van der Waals surface area contributed by atoms with E-state index in [1.807, 2.05) is 0 Å². The lowest BCUT2D eigenvalue weighted by Gasteiger charge is -2.18. The van der Waals surface area contributed by atoms with Crippen molar-refractivity contribution in [2.45, 2.75) is 309 Å². The number of hydrogen-bond donors (Lipinski definition) is 0. The van der Waals surface area contributed by atoms with E-state index in [9.17, 15) is 14.4 Å². The van der Waals surface area contributed by atoms with Crippen LogP contribution in [-0.4, -0.2) is 37.2 Å². The number of allylic oxidation sites excluding steroid dienone is 4. The van der Waals surface area contributed by atoms with Crippen LogP contribution in [0.4, 0.5) is 0 Å². The summed E-state index contributed by atoms with van der Waals surface area (Å²) < 4.78 is 16.7. The van der Waals surface area contributed by atoms with Crippen LogP contribution in [0.5, 0.6) is 0 Å². The summed E-state index contributed by atoms with van der Waals surface area (Å²) in [6, 6.07) is 0. The highest BCUT2D eigenvalue weighted by Gasteiger charge is 2.19. The fraction of sp³-hybridized carbons (Fsp3) is 0.877. The molecule has 0 bridgehead atoms. The Morgan fingerprint density at radius 1 is 0.317 bits per heavy atom. The standard InChI is InChI=1S/C57H106O6/c1-4-7-10-13-16-18-20-22-24-26-27-28-29-30-31-32-34-35-37-39-41-44-47-50-56(59)62-53-54(52-61-55(58)49-46-43-15-12-9-6-3)63-57(60)51-48-45-42-40-38-36-33-25-23-21-19-17-14-11-8-5-2/h19,21,25,33,54H,4-18,20,22-24,26-32,34-53H2,1-3H3/b21-19-,33-25-. The van der Waals surface area contributed by atoms with Crippen LogP contribution in [-0.2, 0) is 28.6 Å². The minimum absolute atomic E-state index is 0.0729. The maximum absolute atomic E-state index is 12.8. The molecule has 1 atom stereocenters. The molecule has 0 aliphatic carbocycles. The number of rotatable bonds is 51. The van der Waals surface area contributed by atoms with E-state index >= 15 is 0 Å². The Bertz CT molecular complexity index is 1020. The lowest BCUT2D eigenvalue weighted by molar-refractivity contribution is -0.167. The molecule has 0 saturated carbocycles. The van der Waals surface area contributed by atoms with Crippen molar-refractivity contribution in [2.75, 3.05) is 13.2 Å². The number of esters is 3. The molecule has 1 unspecified atom stereocenters. The van der Waals surface area contributed by atoms with Gasteiger partial charge in [0.25, 0.3) is 0 Å². The van der Waals surface area contributed by atoms with Gasteiger partial charge in [-0.15, -0.1) is 0 Å². The molecular weight excluding hydrogens is 781 g/mol. The predicted molar refractivity (Wildman–Crippen MR) is 270 cm³/mol. The van der Waals surface area contributed by atoms with E-state index < -0.39 is 6.10 Å². The largest absolute Gasteiger partial charge is 0.462 e. The monoisotopic (exact) mass is 887 g/mol. The van der Waals surface area contributed by atoms with Gasteiger partial charge in [0, 0.05) is 19.3 Å². The topological polar surface area (TPSA) is 78.9 Å². The molecule has 0 N–H and O–H groups in total. The van der Waals surface area contributed by atoms with Gasteiger partial charge in [-0.2, -0.15) is 0 Å². The predicted octanol–water partition coefficient (Wildman–Crippen LogP) is 18.3. The summed E-state index contributed by atoms with van der Waals surface area (Å²) in [7, 11) is 0. The molecule has 63 heavy (non-hydrogen) atoms. The first-order valence-electron chi connectivity index (χ1n) is 27.8. The maximum atomic E-state index is 12.8. The Labute approximate surface area is 392 Å². The molecule has 6 nitrogen and oxygen atoms in total. The van der Waals surface area contributed by atoms with Gasteiger partial charge in [0.15, 0.2) is 6.10 Å². The Hall–Kier alpha value is -2.11. The van der Waals surface area contributed by atoms with Crippen LogP contribution in [0.3, 0.4) is 0 Å². The van der Waals surface area contributed by atoms with Gasteiger partial charge in [0.1, 0.15) is 13.2 Å². The lowest BCUT2D eigenvalue weighted by atomic mass is 10.0. The van der Waals surface area contributed by atoms with Crippen molar-refractivity contribution >= 4 is 17.9 Å². The third kappa shape index (κ3) is 50.7. The number of hydrogen-bond acceptors (Lipinski definition) is 6. The average molecular weight is 887 g/mol. The van der Waals surface area contributed by atoms with Crippen molar-refractivity contribution in [1.82, 2.24) is 0 Å². The van der Waals surface area contributed by atoms with Crippen LogP contribution in [0.1, 0.15) is 303 Å². The molecule has 0 fully saturated rings. The smallest absolute Gasteiger partial charge is 0.306 e. The number of carbonyl (C=O) groups is 3. The highest BCUT2D eigenvalue weighted by Crippen LogP contribution is 2.17. The molecule has 0 rings (SSSR count). The van der Waals surface area contributed by atoms with Gasteiger partial charge < -0.3 is 14.2 Å². The van der Waals surface area contributed by atoms with E-state index in [2.05, 4.69) is 45.1 Å². The Morgan fingerprint density at radius 2 is 0.571 bits per heavy atom. The minimum Gasteiger partial charge on any atom is -0.462 e. The molecule has 0 aromatic carbocycles. The van der Waals surface area contributed by atoms with Crippen molar-refractivity contribution in [1.29, 1.82) is 0 Å². The molecule has 370 valence electrons. The van der Waals surface area contributed by atoms with Crippen LogP contribution in [0, 0.1) is 0 Å². The van der Waals surface area contributed by atoms with Gasteiger partial charge in [0.05, 0.1) is 0 Å². The molecule has 6 heteroatoms. The molecule has 0 saturated heterocycles. The number of ether oxygens (including phenoxy) is 3. The van der Waals surface area contributed by atoms with E-state index in [1.165, 1.54) is 186 Å². The first-order valence-corrected chi connectivity index (χ1v) is 27.8. The van der Waals surface area contributed by atoms with Crippen LogP contribution in [0.15, 0.2) is 24.3 Å². The second-order valence-electron chi connectivity index (χ2n) is 18.9.